The number of hydrogen-bond donors (Lipinski definition) is 1. The summed E-state index contributed by atoms with van der Waals surface area (Å²) in [5.41, 5.74) is 0.555. The van der Waals surface area contributed by atoms with Crippen molar-refractivity contribution in [3.8, 4) is 5.69 Å². The molecule has 0 radical (unpaired) electrons. The van der Waals surface area contributed by atoms with Gasteiger partial charge in [-0.25, -0.2) is 9.48 Å². The fourth-order valence-electron chi connectivity index (χ4n) is 1.91. The molecule has 2 rings (SSSR count). The molecule has 0 atom stereocenters. The van der Waals surface area contributed by atoms with Crippen LogP contribution in [0.15, 0.2) is 22.7 Å². The minimum absolute atomic E-state index is 0.123. The van der Waals surface area contributed by atoms with Crippen LogP contribution in [0.3, 0.4) is 0 Å². The van der Waals surface area contributed by atoms with Crippen LogP contribution >= 0.6 is 15.9 Å². The molecule has 1 aromatic carbocycles. The van der Waals surface area contributed by atoms with Crippen molar-refractivity contribution in [2.24, 2.45) is 0 Å². The highest BCUT2D eigenvalue weighted by Crippen LogP contribution is 2.27. The lowest BCUT2D eigenvalue weighted by atomic mass is 10.2. The molecule has 1 heterocycles. The number of benzene rings is 1. The Morgan fingerprint density at radius 1 is 1.52 bits per heavy atom. The molecule has 1 N–H and O–H groups in total. The second-order valence-corrected chi connectivity index (χ2v) is 5.10. The Morgan fingerprint density at radius 2 is 2.24 bits per heavy atom. The first-order valence-electron chi connectivity index (χ1n) is 6.07. The van der Waals surface area contributed by atoms with E-state index in [9.17, 15) is 14.9 Å². The molecule has 0 saturated carbocycles. The van der Waals surface area contributed by atoms with Crippen LogP contribution in [0, 0.1) is 10.1 Å². The van der Waals surface area contributed by atoms with Crippen molar-refractivity contribution in [3.63, 3.8) is 0 Å². The predicted octanol–water partition coefficient (Wildman–Crippen LogP) is 2.59. The molecule has 0 bridgehead atoms. The average Bonchev–Trinajstić information content (AvgIpc) is 2.83. The second-order valence-electron chi connectivity index (χ2n) is 4.24. The first-order valence-corrected chi connectivity index (χ1v) is 6.87. The highest BCUT2D eigenvalue weighted by molar-refractivity contribution is 9.10. The molecule has 110 valence electrons. The van der Waals surface area contributed by atoms with E-state index < -0.39 is 10.9 Å². The maximum Gasteiger partial charge on any atom is 0.358 e. The van der Waals surface area contributed by atoms with Crippen LogP contribution in [0.1, 0.15) is 29.5 Å². The first-order chi connectivity index (χ1) is 9.95. The van der Waals surface area contributed by atoms with Crippen molar-refractivity contribution in [3.05, 3.63) is 44.2 Å². The highest BCUT2D eigenvalue weighted by Gasteiger charge is 2.21. The van der Waals surface area contributed by atoms with Crippen LogP contribution in [0.2, 0.25) is 0 Å². The molecule has 1 aromatic heterocycles. The van der Waals surface area contributed by atoms with Gasteiger partial charge in [0.15, 0.2) is 5.69 Å². The summed E-state index contributed by atoms with van der Waals surface area (Å²) in [5.74, 6) is -1.17. The lowest BCUT2D eigenvalue weighted by Gasteiger charge is -2.06. The Kier molecular flexibility index (Phi) is 4.32. The molecule has 0 aliphatic rings. The molecule has 9 heteroatoms. The van der Waals surface area contributed by atoms with E-state index in [2.05, 4.69) is 26.2 Å². The summed E-state index contributed by atoms with van der Waals surface area (Å²) >= 11 is 3.10. The van der Waals surface area contributed by atoms with Gasteiger partial charge in [-0.1, -0.05) is 18.6 Å². The summed E-state index contributed by atoms with van der Waals surface area (Å²) in [7, 11) is 0. The third-order valence-corrected chi connectivity index (χ3v) is 3.49. The Balaban J connectivity index is 2.59. The van der Waals surface area contributed by atoms with E-state index in [1.165, 1.54) is 16.8 Å². The van der Waals surface area contributed by atoms with Gasteiger partial charge in [-0.15, -0.1) is 5.10 Å². The summed E-state index contributed by atoms with van der Waals surface area (Å²) in [6, 6.07) is 4.45. The van der Waals surface area contributed by atoms with E-state index in [1.54, 1.807) is 6.07 Å². The fraction of sp³-hybridized carbons (Fsp3) is 0.250. The highest BCUT2D eigenvalue weighted by atomic mass is 79.9. The van der Waals surface area contributed by atoms with Gasteiger partial charge in [-0.3, -0.25) is 10.1 Å². The monoisotopic (exact) mass is 354 g/mol. The van der Waals surface area contributed by atoms with Crippen LogP contribution in [-0.4, -0.2) is 31.0 Å². The van der Waals surface area contributed by atoms with Crippen molar-refractivity contribution in [1.82, 2.24) is 15.0 Å². The molecule has 0 spiro atoms. The zero-order valence-electron chi connectivity index (χ0n) is 11.0. The number of aromatic carboxylic acids is 1. The number of aromatic nitrogens is 3. The zero-order chi connectivity index (χ0) is 15.6. The molecular formula is C12H11BrN4O4. The Hall–Kier alpha value is -2.29. The van der Waals surface area contributed by atoms with Gasteiger partial charge in [0.1, 0.15) is 0 Å². The fourth-order valence-corrected chi connectivity index (χ4v) is 2.30. The standard InChI is InChI=1S/C12H11BrN4O4/c1-2-3-9-11(12(18)19)14-15-16(9)7-4-5-8(13)10(6-7)17(20)21/h4-6H,2-3H2,1H3,(H,18,19). The zero-order valence-corrected chi connectivity index (χ0v) is 12.6. The number of rotatable bonds is 5. The van der Waals surface area contributed by atoms with Gasteiger partial charge in [0, 0.05) is 6.07 Å². The lowest BCUT2D eigenvalue weighted by molar-refractivity contribution is -0.385. The number of nitro groups is 1. The quantitative estimate of drug-likeness (QED) is 0.652. The minimum atomic E-state index is -1.17. The third-order valence-electron chi connectivity index (χ3n) is 2.82. The number of nitrogens with zero attached hydrogens (tertiary/aromatic N) is 4. The smallest absolute Gasteiger partial charge is 0.358 e. The van der Waals surface area contributed by atoms with Crippen LogP contribution in [-0.2, 0) is 6.42 Å². The van der Waals surface area contributed by atoms with Crippen molar-refractivity contribution in [2.75, 3.05) is 0 Å². The Morgan fingerprint density at radius 3 is 2.81 bits per heavy atom. The average molecular weight is 355 g/mol. The van der Waals surface area contributed by atoms with Gasteiger partial charge in [-0.2, -0.15) is 0 Å². The van der Waals surface area contributed by atoms with E-state index >= 15 is 0 Å². The molecule has 0 saturated heterocycles. The Labute approximate surface area is 127 Å². The van der Waals surface area contributed by atoms with Crippen molar-refractivity contribution in [2.45, 2.75) is 19.8 Å². The first kappa shape index (κ1) is 15.1. The predicted molar refractivity (Wildman–Crippen MR) is 76.7 cm³/mol. The van der Waals surface area contributed by atoms with Crippen molar-refractivity contribution in [1.29, 1.82) is 0 Å². The Bertz CT molecular complexity index is 713. The van der Waals surface area contributed by atoms with Gasteiger partial charge >= 0.3 is 5.97 Å². The van der Waals surface area contributed by atoms with Crippen LogP contribution in [0.4, 0.5) is 5.69 Å². The molecule has 8 nitrogen and oxygen atoms in total. The molecule has 0 aliphatic carbocycles. The number of carboxylic acids is 1. The number of halogens is 1. The molecule has 0 aliphatic heterocycles. The molecule has 2 aromatic rings. The number of nitro benzene ring substituents is 1. The van der Waals surface area contributed by atoms with E-state index in [-0.39, 0.29) is 11.4 Å². The van der Waals surface area contributed by atoms with Gasteiger partial charge in [-0.05, 0) is 34.5 Å². The van der Waals surface area contributed by atoms with E-state index in [0.717, 1.165) is 0 Å². The maximum absolute atomic E-state index is 11.1. The van der Waals surface area contributed by atoms with Crippen LogP contribution in [0.25, 0.3) is 5.69 Å². The summed E-state index contributed by atoms with van der Waals surface area (Å²) < 4.78 is 1.67. The number of carboxylic acid groups (broad SMARTS) is 1. The van der Waals surface area contributed by atoms with Gasteiger partial charge < -0.3 is 5.11 Å². The maximum atomic E-state index is 11.1. The normalized spacial score (nSPS) is 10.6. The molecule has 0 unspecified atom stereocenters. The summed E-state index contributed by atoms with van der Waals surface area (Å²) in [6.07, 6.45) is 1.16. The number of carbonyl (C=O) groups is 1. The summed E-state index contributed by atoms with van der Waals surface area (Å²) in [4.78, 5) is 21.6. The van der Waals surface area contributed by atoms with E-state index in [4.69, 9.17) is 5.11 Å². The minimum Gasteiger partial charge on any atom is -0.476 e. The summed E-state index contributed by atoms with van der Waals surface area (Å²) in [5, 5.41) is 27.5. The van der Waals surface area contributed by atoms with Crippen LogP contribution in [0.5, 0.6) is 0 Å². The lowest BCUT2D eigenvalue weighted by Crippen LogP contribution is -2.07. The van der Waals surface area contributed by atoms with E-state index in [0.29, 0.717) is 28.7 Å². The van der Waals surface area contributed by atoms with Gasteiger partial charge in [0.05, 0.1) is 20.8 Å². The molecule has 0 amide bonds. The van der Waals surface area contributed by atoms with Crippen LogP contribution < -0.4 is 0 Å². The van der Waals surface area contributed by atoms with Gasteiger partial charge in [0.2, 0.25) is 0 Å². The van der Waals surface area contributed by atoms with Gasteiger partial charge in [0.25, 0.3) is 5.69 Å². The van der Waals surface area contributed by atoms with E-state index in [1.807, 2.05) is 6.92 Å². The number of hydrogen-bond acceptors (Lipinski definition) is 5. The second kappa shape index (κ2) is 6.00. The SMILES string of the molecule is CCCc1c(C(=O)O)nnn1-c1ccc(Br)c([N+](=O)[O-])c1. The topological polar surface area (TPSA) is 111 Å². The third kappa shape index (κ3) is 2.92. The van der Waals surface area contributed by atoms with Crippen molar-refractivity contribution < 1.29 is 14.8 Å². The summed E-state index contributed by atoms with van der Waals surface area (Å²) in [6.45, 7) is 1.90. The molecule has 0 fully saturated rings. The largest absolute Gasteiger partial charge is 0.476 e. The molecule has 21 heavy (non-hydrogen) atoms. The molecular weight excluding hydrogens is 344 g/mol. The van der Waals surface area contributed by atoms with Crippen molar-refractivity contribution >= 4 is 27.6 Å².